The smallest absolute Gasteiger partial charge is 0.338 e. The normalized spacial score (nSPS) is 11.5. The predicted octanol–water partition coefficient (Wildman–Crippen LogP) is 2.40. The van der Waals surface area contributed by atoms with Crippen molar-refractivity contribution in [2.75, 3.05) is 7.11 Å². The molecule has 126 valence electrons. The maximum absolute atomic E-state index is 12.1. The van der Waals surface area contributed by atoms with Gasteiger partial charge in [-0.2, -0.15) is 13.5 Å². The summed E-state index contributed by atoms with van der Waals surface area (Å²) in [7, 11) is -2.39. The van der Waals surface area contributed by atoms with Crippen LogP contribution in [0.5, 0.6) is 0 Å². The van der Waals surface area contributed by atoms with E-state index < -0.39 is 16.0 Å². The van der Waals surface area contributed by atoms with Gasteiger partial charge in [0.1, 0.15) is 0 Å². The van der Waals surface area contributed by atoms with Gasteiger partial charge in [0.05, 0.1) is 23.8 Å². The highest BCUT2D eigenvalue weighted by Crippen LogP contribution is 2.12. The SMILES string of the molecule is COC(=O)c1ccc(C=NNS(=O)(=O)c2ccc(C)cc2)cc1C. The molecule has 0 radical (unpaired) electrons. The molecule has 0 fully saturated rings. The topological polar surface area (TPSA) is 84.8 Å². The number of benzene rings is 2. The van der Waals surface area contributed by atoms with Gasteiger partial charge in [-0.25, -0.2) is 9.63 Å². The molecule has 0 aliphatic rings. The third-order valence-electron chi connectivity index (χ3n) is 3.37. The lowest BCUT2D eigenvalue weighted by atomic mass is 10.1. The zero-order chi connectivity index (χ0) is 17.7. The first-order valence-corrected chi connectivity index (χ1v) is 8.62. The van der Waals surface area contributed by atoms with E-state index in [9.17, 15) is 13.2 Å². The van der Waals surface area contributed by atoms with Gasteiger partial charge in [-0.15, -0.1) is 0 Å². The van der Waals surface area contributed by atoms with Crippen LogP contribution < -0.4 is 4.83 Å². The standard InChI is InChI=1S/C17H18N2O4S/c1-12-4-7-15(8-5-12)24(21,22)19-18-11-14-6-9-16(13(2)10-14)17(20)23-3/h4-11,19H,1-3H3. The average Bonchev–Trinajstić information content (AvgIpc) is 2.54. The van der Waals surface area contributed by atoms with Gasteiger partial charge in [0.2, 0.25) is 0 Å². The van der Waals surface area contributed by atoms with E-state index in [0.29, 0.717) is 16.7 Å². The lowest BCUT2D eigenvalue weighted by molar-refractivity contribution is 0.0600. The van der Waals surface area contributed by atoms with E-state index in [-0.39, 0.29) is 4.90 Å². The van der Waals surface area contributed by atoms with Crippen LogP contribution in [0.25, 0.3) is 0 Å². The number of hydrogen-bond donors (Lipinski definition) is 1. The van der Waals surface area contributed by atoms with Gasteiger partial charge in [0, 0.05) is 0 Å². The van der Waals surface area contributed by atoms with Crippen LogP contribution in [-0.4, -0.2) is 27.7 Å². The summed E-state index contributed by atoms with van der Waals surface area (Å²) in [5.41, 5.74) is 2.80. The molecule has 0 aliphatic carbocycles. The molecular formula is C17H18N2O4S. The minimum Gasteiger partial charge on any atom is -0.465 e. The molecule has 7 heteroatoms. The van der Waals surface area contributed by atoms with Crippen LogP contribution in [0.15, 0.2) is 52.5 Å². The van der Waals surface area contributed by atoms with Crippen molar-refractivity contribution in [1.82, 2.24) is 4.83 Å². The number of nitrogens with one attached hydrogen (secondary N) is 1. The number of hydrazone groups is 1. The Bertz CT molecular complexity index is 872. The molecule has 24 heavy (non-hydrogen) atoms. The number of esters is 1. The molecule has 1 N–H and O–H groups in total. The van der Waals surface area contributed by atoms with Crippen LogP contribution in [0, 0.1) is 13.8 Å². The van der Waals surface area contributed by atoms with Crippen molar-refractivity contribution >= 4 is 22.2 Å². The Hall–Kier alpha value is -2.67. The van der Waals surface area contributed by atoms with Crippen LogP contribution in [0.2, 0.25) is 0 Å². The summed E-state index contributed by atoms with van der Waals surface area (Å²) in [5.74, 6) is -0.420. The number of hydrogen-bond acceptors (Lipinski definition) is 5. The molecule has 2 aromatic carbocycles. The van der Waals surface area contributed by atoms with Crippen molar-refractivity contribution in [3.8, 4) is 0 Å². The summed E-state index contributed by atoms with van der Waals surface area (Å²) in [6.45, 7) is 3.64. The molecular weight excluding hydrogens is 328 g/mol. The number of rotatable bonds is 5. The highest BCUT2D eigenvalue weighted by Gasteiger charge is 2.12. The highest BCUT2D eigenvalue weighted by atomic mass is 32.2. The van der Waals surface area contributed by atoms with E-state index in [1.165, 1.54) is 25.5 Å². The fraction of sp³-hybridized carbons (Fsp3) is 0.176. The number of carbonyl (C=O) groups is 1. The largest absolute Gasteiger partial charge is 0.465 e. The molecule has 0 saturated heterocycles. The number of sulfonamides is 1. The number of carbonyl (C=O) groups excluding carboxylic acids is 1. The fourth-order valence-corrected chi connectivity index (χ4v) is 2.84. The summed E-state index contributed by atoms with van der Waals surface area (Å²) >= 11 is 0. The predicted molar refractivity (Wildman–Crippen MR) is 91.6 cm³/mol. The molecule has 2 aromatic rings. The number of methoxy groups -OCH3 is 1. The minimum atomic E-state index is -3.70. The van der Waals surface area contributed by atoms with Gasteiger partial charge < -0.3 is 4.74 Å². The molecule has 0 bridgehead atoms. The number of aryl methyl sites for hydroxylation is 2. The highest BCUT2D eigenvalue weighted by molar-refractivity contribution is 7.89. The van der Waals surface area contributed by atoms with Crippen molar-refractivity contribution in [2.24, 2.45) is 5.10 Å². The molecule has 0 aliphatic heterocycles. The third-order valence-corrected chi connectivity index (χ3v) is 4.61. The summed E-state index contributed by atoms with van der Waals surface area (Å²) in [6.07, 6.45) is 1.37. The van der Waals surface area contributed by atoms with Crippen molar-refractivity contribution in [3.05, 3.63) is 64.7 Å². The maximum Gasteiger partial charge on any atom is 0.338 e. The Morgan fingerprint density at radius 1 is 1.12 bits per heavy atom. The molecule has 0 unspecified atom stereocenters. The second-order valence-electron chi connectivity index (χ2n) is 5.23. The zero-order valence-corrected chi connectivity index (χ0v) is 14.4. The monoisotopic (exact) mass is 346 g/mol. The molecule has 0 heterocycles. The van der Waals surface area contributed by atoms with Crippen LogP contribution in [-0.2, 0) is 14.8 Å². The second kappa shape index (κ2) is 7.27. The molecule has 0 amide bonds. The van der Waals surface area contributed by atoms with E-state index in [4.69, 9.17) is 0 Å². The fourth-order valence-electron chi connectivity index (χ4n) is 2.05. The van der Waals surface area contributed by atoms with Gasteiger partial charge in [-0.05, 0) is 49.2 Å². The zero-order valence-electron chi connectivity index (χ0n) is 13.6. The molecule has 0 atom stereocenters. The summed E-state index contributed by atoms with van der Waals surface area (Å²) in [4.78, 5) is 13.8. The Kier molecular flexibility index (Phi) is 5.35. The Labute approximate surface area is 141 Å². The van der Waals surface area contributed by atoms with Gasteiger partial charge in [-0.1, -0.05) is 23.8 Å². The number of ether oxygens (including phenoxy) is 1. The van der Waals surface area contributed by atoms with Gasteiger partial charge >= 0.3 is 5.97 Å². The van der Waals surface area contributed by atoms with E-state index >= 15 is 0 Å². The van der Waals surface area contributed by atoms with Crippen molar-refractivity contribution in [1.29, 1.82) is 0 Å². The molecule has 0 spiro atoms. The second-order valence-corrected chi connectivity index (χ2v) is 6.89. The Morgan fingerprint density at radius 3 is 2.38 bits per heavy atom. The van der Waals surface area contributed by atoms with Gasteiger partial charge in [0.25, 0.3) is 10.0 Å². The lowest BCUT2D eigenvalue weighted by Crippen LogP contribution is -2.18. The van der Waals surface area contributed by atoms with E-state index in [0.717, 1.165) is 5.56 Å². The Balaban J connectivity index is 2.12. The maximum atomic E-state index is 12.1. The summed E-state index contributed by atoms with van der Waals surface area (Å²) in [6, 6.07) is 11.4. The molecule has 2 rings (SSSR count). The van der Waals surface area contributed by atoms with Crippen molar-refractivity contribution < 1.29 is 17.9 Å². The van der Waals surface area contributed by atoms with Crippen LogP contribution in [0.1, 0.15) is 27.0 Å². The summed E-state index contributed by atoms with van der Waals surface area (Å²) in [5, 5.41) is 3.77. The quantitative estimate of drug-likeness (QED) is 0.512. The van der Waals surface area contributed by atoms with E-state index in [1.807, 2.05) is 6.92 Å². The van der Waals surface area contributed by atoms with Crippen LogP contribution in [0.3, 0.4) is 0 Å². The molecule has 0 saturated carbocycles. The van der Waals surface area contributed by atoms with Crippen LogP contribution >= 0.6 is 0 Å². The first-order chi connectivity index (χ1) is 11.3. The van der Waals surface area contributed by atoms with Crippen molar-refractivity contribution in [3.63, 3.8) is 0 Å². The van der Waals surface area contributed by atoms with Crippen LogP contribution in [0.4, 0.5) is 0 Å². The lowest BCUT2D eigenvalue weighted by Gasteiger charge is -2.05. The van der Waals surface area contributed by atoms with Crippen molar-refractivity contribution in [2.45, 2.75) is 18.7 Å². The molecule has 6 nitrogen and oxygen atoms in total. The first kappa shape index (κ1) is 17.7. The minimum absolute atomic E-state index is 0.141. The Morgan fingerprint density at radius 2 is 1.79 bits per heavy atom. The van der Waals surface area contributed by atoms with E-state index in [2.05, 4.69) is 14.7 Å². The first-order valence-electron chi connectivity index (χ1n) is 7.14. The van der Waals surface area contributed by atoms with Gasteiger partial charge in [0.15, 0.2) is 0 Å². The average molecular weight is 346 g/mol. The molecule has 0 aromatic heterocycles. The number of nitrogens with zero attached hydrogens (tertiary/aromatic N) is 1. The van der Waals surface area contributed by atoms with Gasteiger partial charge in [-0.3, -0.25) is 0 Å². The third kappa shape index (κ3) is 4.20. The van der Waals surface area contributed by atoms with E-state index in [1.54, 1.807) is 37.3 Å². The summed E-state index contributed by atoms with van der Waals surface area (Å²) < 4.78 is 28.9.